The molecular weight excluding hydrogens is 162 g/mol. The number of carbonyl (C=O) groups excluding carboxylic acids is 1. The molecule has 1 saturated heterocycles. The Morgan fingerprint density at radius 2 is 2.15 bits per heavy atom. The van der Waals surface area contributed by atoms with Gasteiger partial charge in [0.15, 0.2) is 0 Å². The molecule has 13 heavy (non-hydrogen) atoms. The summed E-state index contributed by atoms with van der Waals surface area (Å²) < 4.78 is 0. The highest BCUT2D eigenvalue weighted by atomic mass is 16.2. The second-order valence-electron chi connectivity index (χ2n) is 4.88. The van der Waals surface area contributed by atoms with Crippen molar-refractivity contribution in [3.8, 4) is 0 Å². The van der Waals surface area contributed by atoms with Crippen LogP contribution in [0.4, 0.5) is 0 Å². The maximum atomic E-state index is 12.0. The summed E-state index contributed by atoms with van der Waals surface area (Å²) in [6.07, 6.45) is 2.10. The summed E-state index contributed by atoms with van der Waals surface area (Å²) in [6.45, 7) is 10.3. The van der Waals surface area contributed by atoms with Crippen molar-refractivity contribution in [2.75, 3.05) is 13.1 Å². The van der Waals surface area contributed by atoms with E-state index in [9.17, 15) is 4.79 Å². The summed E-state index contributed by atoms with van der Waals surface area (Å²) in [4.78, 5) is 14.0. The number of amides is 1. The lowest BCUT2D eigenvalue weighted by Gasteiger charge is -2.28. The fraction of sp³-hybridized carbons (Fsp3) is 0.909. The molecule has 2 nitrogen and oxygen atoms in total. The van der Waals surface area contributed by atoms with Gasteiger partial charge in [0.05, 0.1) is 0 Å². The maximum Gasteiger partial charge on any atom is 0.228 e. The summed E-state index contributed by atoms with van der Waals surface area (Å²) in [5.74, 6) is 1.02. The van der Waals surface area contributed by atoms with Gasteiger partial charge in [-0.25, -0.2) is 0 Å². The lowest BCUT2D eigenvalue weighted by Crippen LogP contribution is -2.39. The van der Waals surface area contributed by atoms with E-state index >= 15 is 0 Å². The van der Waals surface area contributed by atoms with Gasteiger partial charge in [0, 0.05) is 18.5 Å². The molecule has 0 aromatic rings. The van der Waals surface area contributed by atoms with Crippen LogP contribution in [0.15, 0.2) is 0 Å². The first kappa shape index (κ1) is 10.6. The lowest BCUT2D eigenvalue weighted by atomic mass is 9.88. The van der Waals surface area contributed by atoms with Crippen LogP contribution in [-0.4, -0.2) is 23.9 Å². The molecule has 76 valence electrons. The molecule has 0 radical (unpaired) electrons. The maximum absolute atomic E-state index is 12.0. The van der Waals surface area contributed by atoms with Crippen LogP contribution in [0, 0.1) is 11.3 Å². The van der Waals surface area contributed by atoms with Gasteiger partial charge in [0.1, 0.15) is 0 Å². The van der Waals surface area contributed by atoms with Crippen LogP contribution in [0.25, 0.3) is 0 Å². The van der Waals surface area contributed by atoms with Crippen LogP contribution >= 0.6 is 0 Å². The second-order valence-corrected chi connectivity index (χ2v) is 4.88. The minimum atomic E-state index is -0.163. The lowest BCUT2D eigenvalue weighted by molar-refractivity contribution is -0.139. The van der Waals surface area contributed by atoms with E-state index in [0.29, 0.717) is 11.8 Å². The van der Waals surface area contributed by atoms with E-state index in [0.717, 1.165) is 19.5 Å². The fourth-order valence-corrected chi connectivity index (χ4v) is 1.70. The van der Waals surface area contributed by atoms with Gasteiger partial charge in [-0.3, -0.25) is 4.79 Å². The van der Waals surface area contributed by atoms with Gasteiger partial charge in [-0.2, -0.15) is 0 Å². The molecule has 0 unspecified atom stereocenters. The van der Waals surface area contributed by atoms with Crippen LogP contribution in [0.2, 0.25) is 0 Å². The van der Waals surface area contributed by atoms with E-state index in [4.69, 9.17) is 0 Å². The summed E-state index contributed by atoms with van der Waals surface area (Å²) >= 11 is 0. The molecule has 0 aromatic carbocycles. The van der Waals surface area contributed by atoms with Gasteiger partial charge in [-0.05, 0) is 18.8 Å². The highest BCUT2D eigenvalue weighted by Gasteiger charge is 2.33. The summed E-state index contributed by atoms with van der Waals surface area (Å²) in [7, 11) is 0. The smallest absolute Gasteiger partial charge is 0.228 e. The first-order chi connectivity index (χ1) is 5.97. The highest BCUT2D eigenvalue weighted by molar-refractivity contribution is 5.82. The Balaban J connectivity index is 2.58. The predicted molar refractivity (Wildman–Crippen MR) is 54.4 cm³/mol. The van der Waals surface area contributed by atoms with Gasteiger partial charge in [0.25, 0.3) is 0 Å². The number of hydrogen-bond acceptors (Lipinski definition) is 1. The summed E-state index contributed by atoms with van der Waals surface area (Å²) in [5, 5.41) is 0. The highest BCUT2D eigenvalue weighted by Crippen LogP contribution is 2.26. The summed E-state index contributed by atoms with van der Waals surface area (Å²) in [6, 6.07) is 0. The van der Waals surface area contributed by atoms with Crippen molar-refractivity contribution >= 4 is 5.91 Å². The Labute approximate surface area is 81.3 Å². The molecule has 0 aliphatic carbocycles. The third-order valence-electron chi connectivity index (χ3n) is 3.17. The zero-order valence-electron chi connectivity index (χ0n) is 9.26. The van der Waals surface area contributed by atoms with Crippen molar-refractivity contribution in [3.63, 3.8) is 0 Å². The van der Waals surface area contributed by atoms with Gasteiger partial charge < -0.3 is 4.90 Å². The Morgan fingerprint density at radius 3 is 2.54 bits per heavy atom. The molecule has 0 aromatic heterocycles. The van der Waals surface area contributed by atoms with Crippen molar-refractivity contribution < 1.29 is 4.79 Å². The third kappa shape index (κ3) is 2.23. The largest absolute Gasteiger partial charge is 0.342 e. The number of hydrogen-bond donors (Lipinski definition) is 0. The Bertz CT molecular complexity index is 198. The Kier molecular flexibility index (Phi) is 2.99. The molecular formula is C11H21NO. The van der Waals surface area contributed by atoms with Crippen molar-refractivity contribution in [2.45, 2.75) is 40.5 Å². The average molecular weight is 183 g/mol. The number of likely N-dealkylation sites (tertiary alicyclic amines) is 1. The van der Waals surface area contributed by atoms with E-state index < -0.39 is 0 Å². The van der Waals surface area contributed by atoms with Crippen molar-refractivity contribution in [1.82, 2.24) is 4.90 Å². The molecule has 1 fully saturated rings. The fourth-order valence-electron chi connectivity index (χ4n) is 1.70. The Hall–Kier alpha value is -0.530. The SMILES string of the molecule is CCC(C)(C)C(=O)N1CC[C@@H](C)C1. The van der Waals surface area contributed by atoms with Gasteiger partial charge in [-0.15, -0.1) is 0 Å². The Morgan fingerprint density at radius 1 is 1.54 bits per heavy atom. The minimum Gasteiger partial charge on any atom is -0.342 e. The van der Waals surface area contributed by atoms with Crippen LogP contribution in [0.5, 0.6) is 0 Å². The molecule has 0 N–H and O–H groups in total. The van der Waals surface area contributed by atoms with Gasteiger partial charge >= 0.3 is 0 Å². The summed E-state index contributed by atoms with van der Waals surface area (Å²) in [5.41, 5.74) is -0.163. The average Bonchev–Trinajstić information content (AvgIpc) is 2.50. The molecule has 1 aliphatic heterocycles. The molecule has 1 heterocycles. The first-order valence-corrected chi connectivity index (χ1v) is 5.26. The molecule has 0 spiro atoms. The monoisotopic (exact) mass is 183 g/mol. The molecule has 0 saturated carbocycles. The standard InChI is InChI=1S/C11H21NO/c1-5-11(3,4)10(13)12-7-6-9(2)8-12/h9H,5-8H2,1-4H3/t9-/m1/s1. The van der Waals surface area contributed by atoms with Crippen LogP contribution in [0.3, 0.4) is 0 Å². The van der Waals surface area contributed by atoms with Crippen molar-refractivity contribution in [1.29, 1.82) is 0 Å². The van der Waals surface area contributed by atoms with E-state index in [-0.39, 0.29) is 5.41 Å². The quantitative estimate of drug-likeness (QED) is 0.643. The predicted octanol–water partition coefficient (Wildman–Crippen LogP) is 2.29. The molecule has 1 aliphatic rings. The second kappa shape index (κ2) is 3.69. The zero-order valence-corrected chi connectivity index (χ0v) is 9.26. The van der Waals surface area contributed by atoms with Crippen molar-refractivity contribution in [3.05, 3.63) is 0 Å². The molecule has 2 heteroatoms. The van der Waals surface area contributed by atoms with E-state index in [1.54, 1.807) is 0 Å². The zero-order chi connectivity index (χ0) is 10.1. The number of carbonyl (C=O) groups is 1. The van der Waals surface area contributed by atoms with E-state index in [2.05, 4.69) is 13.8 Å². The topological polar surface area (TPSA) is 20.3 Å². The number of nitrogens with zero attached hydrogens (tertiary/aromatic N) is 1. The van der Waals surface area contributed by atoms with Gasteiger partial charge in [-0.1, -0.05) is 27.7 Å². The van der Waals surface area contributed by atoms with Crippen LogP contribution in [-0.2, 0) is 4.79 Å². The van der Waals surface area contributed by atoms with Crippen molar-refractivity contribution in [2.24, 2.45) is 11.3 Å². The third-order valence-corrected chi connectivity index (χ3v) is 3.17. The normalized spacial score (nSPS) is 23.7. The van der Waals surface area contributed by atoms with E-state index in [1.807, 2.05) is 18.7 Å². The molecule has 1 rings (SSSR count). The molecule has 1 amide bonds. The minimum absolute atomic E-state index is 0.163. The van der Waals surface area contributed by atoms with Gasteiger partial charge in [0.2, 0.25) is 5.91 Å². The van der Waals surface area contributed by atoms with Crippen LogP contribution in [0.1, 0.15) is 40.5 Å². The number of rotatable bonds is 2. The molecule has 1 atom stereocenters. The first-order valence-electron chi connectivity index (χ1n) is 5.26. The van der Waals surface area contributed by atoms with E-state index in [1.165, 1.54) is 6.42 Å². The molecule has 0 bridgehead atoms. The van der Waals surface area contributed by atoms with Crippen LogP contribution < -0.4 is 0 Å².